The van der Waals surface area contributed by atoms with Gasteiger partial charge in [0.2, 0.25) is 5.95 Å². The normalized spacial score (nSPS) is 20.1. The highest BCUT2D eigenvalue weighted by atomic mass is 16.1. The molecule has 0 amide bonds. The lowest BCUT2D eigenvalue weighted by atomic mass is 9.77. The van der Waals surface area contributed by atoms with Crippen molar-refractivity contribution in [2.75, 3.05) is 5.73 Å². The van der Waals surface area contributed by atoms with Crippen LogP contribution in [0.1, 0.15) is 70.9 Å². The van der Waals surface area contributed by atoms with Crippen molar-refractivity contribution in [2.45, 2.75) is 51.4 Å². The number of benzene rings is 1. The van der Waals surface area contributed by atoms with Gasteiger partial charge in [-0.25, -0.2) is 9.97 Å². The lowest BCUT2D eigenvalue weighted by Crippen LogP contribution is -2.23. The van der Waals surface area contributed by atoms with E-state index >= 15 is 0 Å². The molecule has 2 N–H and O–H groups in total. The Hall–Kier alpha value is -2.49. The lowest BCUT2D eigenvalue weighted by Gasteiger charge is -2.27. The van der Waals surface area contributed by atoms with E-state index in [1.54, 1.807) is 0 Å². The number of ketones is 1. The van der Waals surface area contributed by atoms with E-state index in [-0.39, 0.29) is 17.6 Å². The lowest BCUT2D eigenvalue weighted by molar-refractivity contribution is 0.0962. The number of nitrogens with two attached hydrogens (primary N) is 1. The predicted molar refractivity (Wildman–Crippen MR) is 99.5 cm³/mol. The van der Waals surface area contributed by atoms with Gasteiger partial charge in [-0.15, -0.1) is 0 Å². The fraction of sp³-hybridized carbons (Fsp3) is 0.381. The van der Waals surface area contributed by atoms with E-state index in [4.69, 9.17) is 5.73 Å². The van der Waals surface area contributed by atoms with E-state index in [1.807, 2.05) is 6.92 Å². The van der Waals surface area contributed by atoms with E-state index in [9.17, 15) is 4.79 Å². The quantitative estimate of drug-likeness (QED) is 0.892. The van der Waals surface area contributed by atoms with E-state index in [0.717, 1.165) is 25.0 Å². The zero-order valence-electron chi connectivity index (χ0n) is 14.6. The second-order valence-electron chi connectivity index (χ2n) is 7.08. The molecular formula is C21H23N3O. The maximum absolute atomic E-state index is 12.8. The topological polar surface area (TPSA) is 68.9 Å². The van der Waals surface area contributed by atoms with Gasteiger partial charge in [0.05, 0.1) is 17.0 Å². The van der Waals surface area contributed by atoms with Crippen LogP contribution in [-0.4, -0.2) is 15.8 Å². The molecule has 1 aromatic carbocycles. The molecule has 0 bridgehead atoms. The van der Waals surface area contributed by atoms with Gasteiger partial charge in [-0.05, 0) is 61.6 Å². The Kier molecular flexibility index (Phi) is 4.12. The number of fused-ring (bicyclic) bond motifs is 1. The standard InChI is InChI=1S/C21H23N3O/c1-13-20-18(24-21(22)23-13)11-15(12-19(20)25)17-10-6-5-9-16(17)14-7-3-2-4-8-14/h5-7,9-10,15H,2-4,8,11-12H2,1H3,(H2,22,23,24). The van der Waals surface area contributed by atoms with Gasteiger partial charge in [0.15, 0.2) is 5.78 Å². The molecule has 1 atom stereocenters. The van der Waals surface area contributed by atoms with E-state index in [2.05, 4.69) is 40.3 Å². The van der Waals surface area contributed by atoms with Crippen LogP contribution in [0.5, 0.6) is 0 Å². The van der Waals surface area contributed by atoms with Gasteiger partial charge in [-0.1, -0.05) is 30.3 Å². The molecule has 1 heterocycles. The van der Waals surface area contributed by atoms with Crippen LogP contribution in [0.3, 0.4) is 0 Å². The van der Waals surface area contributed by atoms with Crippen LogP contribution in [0, 0.1) is 6.92 Å². The average molecular weight is 333 g/mol. The summed E-state index contributed by atoms with van der Waals surface area (Å²) < 4.78 is 0. The summed E-state index contributed by atoms with van der Waals surface area (Å²) in [5, 5.41) is 0. The third kappa shape index (κ3) is 2.97. The average Bonchev–Trinajstić information content (AvgIpc) is 2.61. The van der Waals surface area contributed by atoms with Gasteiger partial charge in [0.1, 0.15) is 0 Å². The smallest absolute Gasteiger partial charge is 0.220 e. The monoisotopic (exact) mass is 333 g/mol. The van der Waals surface area contributed by atoms with Crippen molar-refractivity contribution < 1.29 is 4.79 Å². The molecule has 0 spiro atoms. The maximum atomic E-state index is 12.8. The highest BCUT2D eigenvalue weighted by molar-refractivity contribution is 6.00. The fourth-order valence-electron chi connectivity index (χ4n) is 4.25. The van der Waals surface area contributed by atoms with Crippen molar-refractivity contribution in [3.8, 4) is 0 Å². The number of carbonyl (C=O) groups is 1. The minimum atomic E-state index is 0.135. The summed E-state index contributed by atoms with van der Waals surface area (Å²) in [6, 6.07) is 8.54. The minimum absolute atomic E-state index is 0.135. The molecule has 4 heteroatoms. The molecule has 2 aliphatic carbocycles. The molecule has 2 aromatic rings. The Morgan fingerprint density at radius 3 is 2.76 bits per heavy atom. The van der Waals surface area contributed by atoms with E-state index in [1.165, 1.54) is 29.5 Å². The first-order valence-corrected chi connectivity index (χ1v) is 9.08. The summed E-state index contributed by atoms with van der Waals surface area (Å²) in [5.41, 5.74) is 12.0. The van der Waals surface area contributed by atoms with Gasteiger partial charge in [-0.3, -0.25) is 4.79 Å². The molecule has 4 rings (SSSR count). The van der Waals surface area contributed by atoms with Crippen molar-refractivity contribution in [1.29, 1.82) is 0 Å². The Balaban J connectivity index is 1.74. The van der Waals surface area contributed by atoms with Gasteiger partial charge in [-0.2, -0.15) is 0 Å². The van der Waals surface area contributed by atoms with Gasteiger partial charge in [0, 0.05) is 6.42 Å². The largest absolute Gasteiger partial charge is 0.368 e. The molecule has 0 radical (unpaired) electrons. The third-order valence-electron chi connectivity index (χ3n) is 5.37. The number of allylic oxidation sites excluding steroid dienone is 2. The van der Waals surface area contributed by atoms with Crippen LogP contribution >= 0.6 is 0 Å². The highest BCUT2D eigenvalue weighted by Gasteiger charge is 2.31. The minimum Gasteiger partial charge on any atom is -0.368 e. The van der Waals surface area contributed by atoms with Crippen LogP contribution in [0.4, 0.5) is 5.95 Å². The van der Waals surface area contributed by atoms with Crippen LogP contribution in [0.25, 0.3) is 5.57 Å². The van der Waals surface area contributed by atoms with Crippen molar-refractivity contribution >= 4 is 17.3 Å². The number of carbonyl (C=O) groups excluding carboxylic acids is 1. The summed E-state index contributed by atoms with van der Waals surface area (Å²) >= 11 is 0. The number of hydrogen-bond donors (Lipinski definition) is 1. The van der Waals surface area contributed by atoms with Gasteiger partial charge < -0.3 is 5.73 Å². The number of Topliss-reactive ketones (excluding diaryl/α,β-unsaturated/α-hetero) is 1. The number of nitrogens with zero attached hydrogens (tertiary/aromatic N) is 2. The van der Waals surface area contributed by atoms with Crippen molar-refractivity contribution in [2.24, 2.45) is 0 Å². The van der Waals surface area contributed by atoms with Crippen molar-refractivity contribution in [1.82, 2.24) is 9.97 Å². The number of nitrogen functional groups attached to an aromatic ring is 1. The second-order valence-corrected chi connectivity index (χ2v) is 7.08. The molecule has 1 aromatic heterocycles. The predicted octanol–water partition coefficient (Wildman–Crippen LogP) is 4.24. The molecular weight excluding hydrogens is 310 g/mol. The molecule has 4 nitrogen and oxygen atoms in total. The first kappa shape index (κ1) is 16.0. The van der Waals surface area contributed by atoms with Gasteiger partial charge in [0.25, 0.3) is 0 Å². The molecule has 2 aliphatic rings. The molecule has 0 fully saturated rings. The molecule has 0 saturated carbocycles. The summed E-state index contributed by atoms with van der Waals surface area (Å²) in [6.45, 7) is 1.84. The van der Waals surface area contributed by atoms with Crippen LogP contribution < -0.4 is 5.73 Å². The molecule has 1 unspecified atom stereocenters. The number of aryl methyl sites for hydroxylation is 1. The van der Waals surface area contributed by atoms with E-state index in [0.29, 0.717) is 17.7 Å². The Labute approximate surface area is 148 Å². The Morgan fingerprint density at radius 1 is 1.12 bits per heavy atom. The fourth-order valence-corrected chi connectivity index (χ4v) is 4.25. The zero-order chi connectivity index (χ0) is 17.4. The SMILES string of the molecule is Cc1nc(N)nc2c1C(=O)CC(c1ccccc1C1=CCCCC1)C2. The number of hydrogen-bond acceptors (Lipinski definition) is 4. The third-order valence-corrected chi connectivity index (χ3v) is 5.37. The summed E-state index contributed by atoms with van der Waals surface area (Å²) in [6.07, 6.45) is 8.43. The van der Waals surface area contributed by atoms with Gasteiger partial charge >= 0.3 is 0 Å². The van der Waals surface area contributed by atoms with E-state index < -0.39 is 0 Å². The number of anilines is 1. The molecule has 128 valence electrons. The number of aromatic nitrogens is 2. The zero-order valence-corrected chi connectivity index (χ0v) is 14.6. The first-order valence-electron chi connectivity index (χ1n) is 9.08. The Bertz CT molecular complexity index is 869. The summed E-state index contributed by atoms with van der Waals surface area (Å²) in [5.74, 6) is 0.553. The molecule has 0 saturated heterocycles. The molecule has 0 aliphatic heterocycles. The first-order chi connectivity index (χ1) is 12.1. The number of rotatable bonds is 2. The Morgan fingerprint density at radius 2 is 1.96 bits per heavy atom. The van der Waals surface area contributed by atoms with Crippen LogP contribution in [0.2, 0.25) is 0 Å². The maximum Gasteiger partial charge on any atom is 0.220 e. The second kappa shape index (κ2) is 6.43. The van der Waals surface area contributed by atoms with Crippen LogP contribution in [0.15, 0.2) is 30.3 Å². The van der Waals surface area contributed by atoms with Crippen molar-refractivity contribution in [3.05, 3.63) is 58.4 Å². The summed E-state index contributed by atoms with van der Waals surface area (Å²) in [7, 11) is 0. The highest BCUT2D eigenvalue weighted by Crippen LogP contribution is 2.38. The summed E-state index contributed by atoms with van der Waals surface area (Å²) in [4.78, 5) is 21.3. The van der Waals surface area contributed by atoms with Crippen LogP contribution in [-0.2, 0) is 6.42 Å². The van der Waals surface area contributed by atoms with Crippen molar-refractivity contribution in [3.63, 3.8) is 0 Å². The molecule has 25 heavy (non-hydrogen) atoms.